The highest BCUT2D eigenvalue weighted by molar-refractivity contribution is 6.29. The summed E-state index contributed by atoms with van der Waals surface area (Å²) >= 11 is 0. The third kappa shape index (κ3) is 5.59. The number of carbonyl (C=O) groups excluding carboxylic acids is 1. The van der Waals surface area contributed by atoms with E-state index in [0.29, 0.717) is 16.8 Å². The summed E-state index contributed by atoms with van der Waals surface area (Å²) in [6.07, 6.45) is 8.35. The van der Waals surface area contributed by atoms with Gasteiger partial charge in [0.15, 0.2) is 12.4 Å². The molecule has 2 aromatic carbocycles. The van der Waals surface area contributed by atoms with Crippen LogP contribution in [0.1, 0.15) is 30.5 Å². The Morgan fingerprint density at radius 3 is 2.47 bits per heavy atom. The van der Waals surface area contributed by atoms with Crippen LogP contribution in [-0.4, -0.2) is 23.5 Å². The van der Waals surface area contributed by atoms with Gasteiger partial charge in [-0.3, -0.25) is 4.79 Å². The zero-order valence-corrected chi connectivity index (χ0v) is 19.4. The summed E-state index contributed by atoms with van der Waals surface area (Å²) in [7, 11) is 0. The minimum Gasteiger partial charge on any atom is -0.477 e. The number of carbonyl (C=O) groups is 2. The standard InChI is InChI=1S/C28H27N3O3/c1-20(2)18-31-15-12-23-16-21(8-9-26(23)31)17-25(28(34)29-24-6-4-3-5-7-24)22-10-13-30(14-11-22)19-27(32)33/h3-11,13-14,16-18H,12,15,19H2,1-2H3,(H-,29,32,33,34)/p+1. The van der Waals surface area contributed by atoms with Crippen molar-refractivity contribution in [3.8, 4) is 0 Å². The summed E-state index contributed by atoms with van der Waals surface area (Å²) in [6.45, 7) is 4.99. The van der Waals surface area contributed by atoms with Gasteiger partial charge in [0.1, 0.15) is 0 Å². The average molecular weight is 455 g/mol. The molecule has 172 valence electrons. The molecule has 1 aromatic heterocycles. The summed E-state index contributed by atoms with van der Waals surface area (Å²) in [5.74, 6) is -1.15. The summed E-state index contributed by atoms with van der Waals surface area (Å²) < 4.78 is 1.56. The molecule has 0 unspecified atom stereocenters. The van der Waals surface area contributed by atoms with Crippen molar-refractivity contribution in [2.75, 3.05) is 16.8 Å². The van der Waals surface area contributed by atoms with Crippen LogP contribution in [0.3, 0.4) is 0 Å². The third-order valence-corrected chi connectivity index (χ3v) is 5.56. The number of hydrogen-bond acceptors (Lipinski definition) is 3. The second kappa shape index (κ2) is 10.2. The molecule has 2 heterocycles. The number of carboxylic acid groups (broad SMARTS) is 1. The number of hydrogen-bond donors (Lipinski definition) is 2. The average Bonchev–Trinajstić information content (AvgIpc) is 3.19. The number of carboxylic acids is 1. The van der Waals surface area contributed by atoms with Gasteiger partial charge in [-0.1, -0.05) is 29.8 Å². The molecule has 3 aromatic rings. The number of nitrogens with zero attached hydrogens (tertiary/aromatic N) is 2. The van der Waals surface area contributed by atoms with Crippen LogP contribution in [0.25, 0.3) is 11.6 Å². The number of fused-ring (bicyclic) bond motifs is 1. The van der Waals surface area contributed by atoms with Crippen LogP contribution in [0.15, 0.2) is 84.8 Å². The van der Waals surface area contributed by atoms with E-state index in [1.165, 1.54) is 16.8 Å². The van der Waals surface area contributed by atoms with E-state index in [2.05, 4.69) is 42.4 Å². The predicted octanol–water partition coefficient (Wildman–Crippen LogP) is 4.52. The van der Waals surface area contributed by atoms with Gasteiger partial charge in [-0.15, -0.1) is 0 Å². The second-order valence-electron chi connectivity index (χ2n) is 8.57. The largest absolute Gasteiger partial charge is 0.477 e. The van der Waals surface area contributed by atoms with E-state index in [9.17, 15) is 9.59 Å². The molecule has 0 radical (unpaired) electrons. The van der Waals surface area contributed by atoms with E-state index < -0.39 is 5.97 Å². The molecule has 0 spiro atoms. The Labute approximate surface area is 199 Å². The molecule has 6 heteroatoms. The number of amides is 1. The Hall–Kier alpha value is -4.19. The van der Waals surface area contributed by atoms with Gasteiger partial charge in [-0.2, -0.15) is 4.57 Å². The molecule has 4 rings (SSSR count). The number of para-hydroxylation sites is 1. The first-order valence-corrected chi connectivity index (χ1v) is 11.2. The maximum Gasteiger partial charge on any atom is 0.370 e. The Kier molecular flexibility index (Phi) is 6.87. The lowest BCUT2D eigenvalue weighted by Gasteiger charge is -2.15. The summed E-state index contributed by atoms with van der Waals surface area (Å²) in [4.78, 5) is 26.6. The Morgan fingerprint density at radius 2 is 1.79 bits per heavy atom. The van der Waals surface area contributed by atoms with Crippen LogP contribution in [0.4, 0.5) is 11.4 Å². The van der Waals surface area contributed by atoms with Crippen LogP contribution in [0.5, 0.6) is 0 Å². The van der Waals surface area contributed by atoms with E-state index in [4.69, 9.17) is 5.11 Å². The molecule has 2 N–H and O–H groups in total. The van der Waals surface area contributed by atoms with E-state index in [1.807, 2.05) is 42.5 Å². The maximum atomic E-state index is 13.3. The predicted molar refractivity (Wildman–Crippen MR) is 134 cm³/mol. The highest BCUT2D eigenvalue weighted by atomic mass is 16.4. The van der Waals surface area contributed by atoms with Gasteiger partial charge in [0.05, 0.1) is 0 Å². The number of nitrogens with one attached hydrogen (secondary N) is 1. The van der Waals surface area contributed by atoms with Gasteiger partial charge in [-0.25, -0.2) is 4.79 Å². The number of allylic oxidation sites excluding steroid dienone is 1. The summed E-state index contributed by atoms with van der Waals surface area (Å²) in [5, 5.41) is 12.0. The molecule has 0 bridgehead atoms. The van der Waals surface area contributed by atoms with Crippen molar-refractivity contribution < 1.29 is 19.3 Å². The van der Waals surface area contributed by atoms with Crippen LogP contribution in [0.2, 0.25) is 0 Å². The van der Waals surface area contributed by atoms with E-state index >= 15 is 0 Å². The number of pyridine rings is 1. The Morgan fingerprint density at radius 1 is 1.06 bits per heavy atom. The van der Waals surface area contributed by atoms with Gasteiger partial charge in [0.2, 0.25) is 6.54 Å². The monoisotopic (exact) mass is 454 g/mol. The topological polar surface area (TPSA) is 73.5 Å². The molecule has 1 aliphatic heterocycles. The van der Waals surface area contributed by atoms with E-state index in [0.717, 1.165) is 18.5 Å². The molecule has 0 atom stereocenters. The summed E-state index contributed by atoms with van der Waals surface area (Å²) in [5.41, 5.74) is 6.57. The van der Waals surface area contributed by atoms with Crippen LogP contribution in [0, 0.1) is 0 Å². The second-order valence-corrected chi connectivity index (χ2v) is 8.57. The molecular formula is C28H28N3O3+. The lowest BCUT2D eigenvalue weighted by Crippen LogP contribution is -2.37. The first-order valence-electron chi connectivity index (χ1n) is 11.2. The fraction of sp³-hybridized carbons (Fsp3) is 0.179. The zero-order chi connectivity index (χ0) is 24.1. The number of anilines is 2. The third-order valence-electron chi connectivity index (χ3n) is 5.56. The Balaban J connectivity index is 1.68. The molecule has 1 aliphatic rings. The first kappa shape index (κ1) is 23.0. The minimum atomic E-state index is -0.921. The molecule has 0 aliphatic carbocycles. The van der Waals surface area contributed by atoms with Crippen molar-refractivity contribution in [1.82, 2.24) is 0 Å². The molecule has 0 saturated carbocycles. The smallest absolute Gasteiger partial charge is 0.370 e. The lowest BCUT2D eigenvalue weighted by molar-refractivity contribution is -0.685. The quantitative estimate of drug-likeness (QED) is 0.407. The molecule has 0 saturated heterocycles. The Bertz CT molecular complexity index is 1260. The SMILES string of the molecule is CC(C)=CN1CCc2cc(/C=C(\C(=O)Nc3ccccc3)c3cc[n+](CC(=O)O)cc3)ccc21. The van der Waals surface area contributed by atoms with Crippen molar-refractivity contribution in [1.29, 1.82) is 0 Å². The van der Waals surface area contributed by atoms with Gasteiger partial charge in [0.25, 0.3) is 5.91 Å². The van der Waals surface area contributed by atoms with Gasteiger partial charge in [-0.05, 0) is 67.3 Å². The van der Waals surface area contributed by atoms with Crippen molar-refractivity contribution in [2.24, 2.45) is 0 Å². The summed E-state index contributed by atoms with van der Waals surface area (Å²) in [6, 6.07) is 19.1. The number of aromatic nitrogens is 1. The fourth-order valence-electron chi connectivity index (χ4n) is 4.05. The zero-order valence-electron chi connectivity index (χ0n) is 19.4. The number of benzene rings is 2. The number of aliphatic carboxylic acids is 1. The lowest BCUT2D eigenvalue weighted by atomic mass is 10.0. The van der Waals surface area contributed by atoms with E-state index in [1.54, 1.807) is 29.1 Å². The normalized spacial score (nSPS) is 12.8. The number of rotatable bonds is 7. The van der Waals surface area contributed by atoms with Crippen LogP contribution < -0.4 is 14.8 Å². The molecule has 0 fully saturated rings. The molecule has 34 heavy (non-hydrogen) atoms. The van der Waals surface area contributed by atoms with Gasteiger partial charge >= 0.3 is 5.97 Å². The highest BCUT2D eigenvalue weighted by Gasteiger charge is 2.19. The molecular weight excluding hydrogens is 426 g/mol. The molecule has 1 amide bonds. The van der Waals surface area contributed by atoms with Crippen LogP contribution >= 0.6 is 0 Å². The van der Waals surface area contributed by atoms with Crippen molar-refractivity contribution in [2.45, 2.75) is 26.8 Å². The highest BCUT2D eigenvalue weighted by Crippen LogP contribution is 2.31. The minimum absolute atomic E-state index is 0.136. The van der Waals surface area contributed by atoms with Crippen molar-refractivity contribution in [3.63, 3.8) is 0 Å². The van der Waals surface area contributed by atoms with Crippen molar-refractivity contribution >= 4 is 34.9 Å². The molecule has 6 nitrogen and oxygen atoms in total. The van der Waals surface area contributed by atoms with E-state index in [-0.39, 0.29) is 12.5 Å². The first-order chi connectivity index (χ1) is 16.4. The maximum absolute atomic E-state index is 13.3. The van der Waals surface area contributed by atoms with Crippen molar-refractivity contribution in [3.05, 3.63) is 102 Å². The van der Waals surface area contributed by atoms with Crippen LogP contribution in [-0.2, 0) is 22.6 Å². The fourth-order valence-corrected chi connectivity index (χ4v) is 4.05. The van der Waals surface area contributed by atoms with Gasteiger partial charge < -0.3 is 15.3 Å². The van der Waals surface area contributed by atoms with Gasteiger partial charge in [0, 0.05) is 41.8 Å².